The summed E-state index contributed by atoms with van der Waals surface area (Å²) in [5.41, 5.74) is 0.849. The van der Waals surface area contributed by atoms with Crippen molar-refractivity contribution in [1.29, 1.82) is 0 Å². The Labute approximate surface area is 92.9 Å². The number of hydrogen-bond donors (Lipinski definition) is 1. The monoisotopic (exact) mass is 229 g/mol. The lowest BCUT2D eigenvalue weighted by molar-refractivity contribution is 0.282. The number of aliphatic hydroxyl groups is 1. The number of benzene rings is 1. The summed E-state index contributed by atoms with van der Waals surface area (Å²) in [6, 6.07) is 7.54. The van der Waals surface area contributed by atoms with Crippen LogP contribution in [0.25, 0.3) is 10.8 Å². The van der Waals surface area contributed by atoms with Crippen LogP contribution in [0.3, 0.4) is 0 Å². The Kier molecular flexibility index (Phi) is 3.69. The molecule has 0 saturated heterocycles. The van der Waals surface area contributed by atoms with Crippen LogP contribution in [0.1, 0.15) is 5.56 Å². The van der Waals surface area contributed by atoms with Crippen molar-refractivity contribution in [2.24, 2.45) is 0 Å². The second-order valence-electron chi connectivity index (χ2n) is 2.82. The predicted octanol–water partition coefficient (Wildman–Crippen LogP) is 2.80. The van der Waals surface area contributed by atoms with Gasteiger partial charge in [-0.3, -0.25) is 0 Å². The molecule has 0 aliphatic carbocycles. The second kappa shape index (κ2) is 4.60. The molecule has 0 amide bonds. The lowest BCUT2D eigenvalue weighted by Gasteiger charge is -2.01. The highest BCUT2D eigenvalue weighted by Crippen LogP contribution is 2.21. The van der Waals surface area contributed by atoms with E-state index < -0.39 is 0 Å². The molecule has 1 aromatic heterocycles. The van der Waals surface area contributed by atoms with E-state index in [2.05, 4.69) is 4.98 Å². The molecule has 0 fully saturated rings. The van der Waals surface area contributed by atoms with Crippen molar-refractivity contribution in [3.8, 4) is 0 Å². The number of rotatable bonds is 1. The molecule has 2 nitrogen and oxygen atoms in total. The minimum absolute atomic E-state index is 0. The lowest BCUT2D eigenvalue weighted by Crippen LogP contribution is -1.84. The summed E-state index contributed by atoms with van der Waals surface area (Å²) in [5, 5.41) is 11.3. The molecule has 0 saturated carbocycles. The van der Waals surface area contributed by atoms with Crippen LogP contribution in [0.5, 0.6) is 0 Å². The Hall–Kier alpha value is -0.830. The molecular formula is C10H9Cl2NO. The highest BCUT2D eigenvalue weighted by Gasteiger charge is 1.99. The first-order valence-electron chi connectivity index (χ1n) is 3.95. The summed E-state index contributed by atoms with van der Waals surface area (Å²) in [4.78, 5) is 3.97. The molecule has 0 unspecified atom stereocenters. The second-order valence-corrected chi connectivity index (χ2v) is 3.17. The molecule has 2 aromatic rings. The SMILES string of the molecule is Cl.OCc1ccc2ccnc(Cl)c2c1. The van der Waals surface area contributed by atoms with Gasteiger partial charge in [0.1, 0.15) is 5.15 Å². The molecule has 0 bridgehead atoms. The number of fused-ring (bicyclic) bond motifs is 1. The minimum Gasteiger partial charge on any atom is -0.392 e. The fourth-order valence-electron chi connectivity index (χ4n) is 1.28. The Bertz CT molecular complexity index is 445. The predicted molar refractivity (Wildman–Crippen MR) is 59.9 cm³/mol. The van der Waals surface area contributed by atoms with Crippen molar-refractivity contribution in [2.75, 3.05) is 0 Å². The van der Waals surface area contributed by atoms with Crippen LogP contribution >= 0.6 is 24.0 Å². The molecule has 0 aliphatic heterocycles. The zero-order valence-corrected chi connectivity index (χ0v) is 8.85. The lowest BCUT2D eigenvalue weighted by atomic mass is 10.1. The van der Waals surface area contributed by atoms with Crippen molar-refractivity contribution in [3.63, 3.8) is 0 Å². The van der Waals surface area contributed by atoms with E-state index in [4.69, 9.17) is 16.7 Å². The van der Waals surface area contributed by atoms with Gasteiger partial charge >= 0.3 is 0 Å². The minimum atomic E-state index is 0. The molecule has 14 heavy (non-hydrogen) atoms. The van der Waals surface area contributed by atoms with Crippen LogP contribution in [0.2, 0.25) is 5.15 Å². The van der Waals surface area contributed by atoms with Crippen LogP contribution in [-0.2, 0) is 6.61 Å². The number of aromatic nitrogens is 1. The first-order chi connectivity index (χ1) is 6.31. The summed E-state index contributed by atoms with van der Waals surface area (Å²) in [7, 11) is 0. The van der Waals surface area contributed by atoms with Crippen molar-refractivity contribution < 1.29 is 5.11 Å². The normalized spacial score (nSPS) is 9.86. The summed E-state index contributed by atoms with van der Waals surface area (Å²) in [6.07, 6.45) is 1.67. The quantitative estimate of drug-likeness (QED) is 0.764. The highest BCUT2D eigenvalue weighted by atomic mass is 35.5. The van der Waals surface area contributed by atoms with Gasteiger partial charge in [0.15, 0.2) is 0 Å². The zero-order valence-electron chi connectivity index (χ0n) is 7.27. The van der Waals surface area contributed by atoms with E-state index in [1.165, 1.54) is 0 Å². The van der Waals surface area contributed by atoms with Crippen molar-refractivity contribution in [1.82, 2.24) is 4.98 Å². The first-order valence-corrected chi connectivity index (χ1v) is 4.33. The van der Waals surface area contributed by atoms with E-state index in [0.717, 1.165) is 16.3 Å². The van der Waals surface area contributed by atoms with Gasteiger partial charge in [0.05, 0.1) is 6.61 Å². The van der Waals surface area contributed by atoms with Crippen LogP contribution < -0.4 is 0 Å². The maximum atomic E-state index is 8.92. The van der Waals surface area contributed by atoms with Gasteiger partial charge in [-0.05, 0) is 23.1 Å². The molecule has 4 heteroatoms. The van der Waals surface area contributed by atoms with Gasteiger partial charge in [-0.1, -0.05) is 23.7 Å². The molecule has 0 atom stereocenters. The molecular weight excluding hydrogens is 221 g/mol. The third kappa shape index (κ3) is 1.98. The maximum Gasteiger partial charge on any atom is 0.136 e. The third-order valence-electron chi connectivity index (χ3n) is 1.96. The van der Waals surface area contributed by atoms with Gasteiger partial charge in [-0.15, -0.1) is 12.4 Å². The van der Waals surface area contributed by atoms with Gasteiger partial charge in [-0.2, -0.15) is 0 Å². The topological polar surface area (TPSA) is 33.1 Å². The average molecular weight is 230 g/mol. The Morgan fingerprint density at radius 1 is 1.29 bits per heavy atom. The summed E-state index contributed by atoms with van der Waals surface area (Å²) in [5.74, 6) is 0. The molecule has 0 spiro atoms. The smallest absolute Gasteiger partial charge is 0.136 e. The largest absolute Gasteiger partial charge is 0.392 e. The average Bonchev–Trinajstić information content (AvgIpc) is 2.18. The standard InChI is InChI=1S/C10H8ClNO.ClH/c11-10-9-5-7(6-13)1-2-8(9)3-4-12-10;/h1-5,13H,6H2;1H. The first kappa shape index (κ1) is 11.2. The number of hydrogen-bond acceptors (Lipinski definition) is 2. The summed E-state index contributed by atoms with van der Waals surface area (Å²) >= 11 is 5.89. The molecule has 1 heterocycles. The van der Waals surface area contributed by atoms with Crippen LogP contribution in [-0.4, -0.2) is 10.1 Å². The molecule has 1 aromatic carbocycles. The van der Waals surface area contributed by atoms with Crippen LogP contribution in [0, 0.1) is 0 Å². The van der Waals surface area contributed by atoms with Gasteiger partial charge in [0.2, 0.25) is 0 Å². The van der Waals surface area contributed by atoms with E-state index in [1.807, 2.05) is 24.3 Å². The van der Waals surface area contributed by atoms with E-state index in [0.29, 0.717) is 5.15 Å². The molecule has 74 valence electrons. The molecule has 2 rings (SSSR count). The van der Waals surface area contributed by atoms with Crippen LogP contribution in [0.15, 0.2) is 30.5 Å². The highest BCUT2D eigenvalue weighted by molar-refractivity contribution is 6.34. The van der Waals surface area contributed by atoms with E-state index in [-0.39, 0.29) is 19.0 Å². The van der Waals surface area contributed by atoms with E-state index >= 15 is 0 Å². The fourth-order valence-corrected chi connectivity index (χ4v) is 1.50. The van der Waals surface area contributed by atoms with Gasteiger partial charge in [-0.25, -0.2) is 4.98 Å². The van der Waals surface area contributed by atoms with Gasteiger partial charge in [0, 0.05) is 11.6 Å². The summed E-state index contributed by atoms with van der Waals surface area (Å²) in [6.45, 7) is 0.0289. The Balaban J connectivity index is 0.000000980. The van der Waals surface area contributed by atoms with Crippen LogP contribution in [0.4, 0.5) is 0 Å². The van der Waals surface area contributed by atoms with Gasteiger partial charge in [0.25, 0.3) is 0 Å². The van der Waals surface area contributed by atoms with Crippen molar-refractivity contribution in [3.05, 3.63) is 41.2 Å². The summed E-state index contributed by atoms with van der Waals surface area (Å²) < 4.78 is 0. The van der Waals surface area contributed by atoms with Gasteiger partial charge < -0.3 is 5.11 Å². The zero-order chi connectivity index (χ0) is 9.26. The van der Waals surface area contributed by atoms with E-state index in [1.54, 1.807) is 6.20 Å². The Morgan fingerprint density at radius 3 is 2.79 bits per heavy atom. The van der Waals surface area contributed by atoms with E-state index in [9.17, 15) is 0 Å². The number of pyridine rings is 1. The molecule has 1 N–H and O–H groups in total. The number of aliphatic hydroxyl groups excluding tert-OH is 1. The third-order valence-corrected chi connectivity index (χ3v) is 2.27. The maximum absolute atomic E-state index is 8.92. The fraction of sp³-hybridized carbons (Fsp3) is 0.100. The molecule has 0 aliphatic rings. The molecule has 0 radical (unpaired) electrons. The van der Waals surface area contributed by atoms with Crippen molar-refractivity contribution in [2.45, 2.75) is 6.61 Å². The number of nitrogens with zero attached hydrogens (tertiary/aromatic N) is 1. The number of halogens is 2. The van der Waals surface area contributed by atoms with Crippen molar-refractivity contribution >= 4 is 34.8 Å². The Morgan fingerprint density at radius 2 is 2.07 bits per heavy atom.